The SMILES string of the molecule is COc1ccc(C=O)cc1N(C(=O)n1nnn(-c2c(F)cccc2F)c1=O)C1CCCCC1. The number of ether oxygens (including phenoxy) is 1. The number of hydrogen-bond acceptors (Lipinski definition) is 6. The largest absolute Gasteiger partial charge is 0.495 e. The van der Waals surface area contributed by atoms with Gasteiger partial charge in [0.15, 0.2) is 11.6 Å². The van der Waals surface area contributed by atoms with Crippen molar-refractivity contribution in [1.29, 1.82) is 0 Å². The zero-order valence-electron chi connectivity index (χ0n) is 17.8. The lowest BCUT2D eigenvalue weighted by atomic mass is 9.93. The molecule has 1 amide bonds. The number of aldehydes is 1. The Morgan fingerprint density at radius 1 is 1.12 bits per heavy atom. The molecule has 11 heteroatoms. The number of rotatable bonds is 5. The first-order valence-corrected chi connectivity index (χ1v) is 10.4. The van der Waals surface area contributed by atoms with E-state index in [9.17, 15) is 23.2 Å². The second-order valence-corrected chi connectivity index (χ2v) is 7.65. The number of anilines is 1. The summed E-state index contributed by atoms with van der Waals surface area (Å²) >= 11 is 0. The Labute approximate surface area is 187 Å². The molecule has 0 bridgehead atoms. The molecule has 1 aliphatic carbocycles. The molecule has 0 atom stereocenters. The molecule has 1 aromatic heterocycles. The molecule has 172 valence electrons. The second kappa shape index (κ2) is 9.31. The minimum atomic E-state index is -1.13. The van der Waals surface area contributed by atoms with Crippen molar-refractivity contribution >= 4 is 18.0 Å². The van der Waals surface area contributed by atoms with Gasteiger partial charge in [0.1, 0.15) is 17.7 Å². The third-order valence-corrected chi connectivity index (χ3v) is 5.66. The number of aromatic nitrogens is 4. The molecule has 0 aliphatic heterocycles. The second-order valence-electron chi connectivity index (χ2n) is 7.65. The third-order valence-electron chi connectivity index (χ3n) is 5.66. The first-order valence-electron chi connectivity index (χ1n) is 10.4. The number of methoxy groups -OCH3 is 1. The number of nitrogens with zero attached hydrogens (tertiary/aromatic N) is 5. The Hall–Kier alpha value is -3.89. The summed E-state index contributed by atoms with van der Waals surface area (Å²) in [6, 6.07) is 6.50. The molecule has 9 nitrogen and oxygen atoms in total. The highest BCUT2D eigenvalue weighted by Gasteiger charge is 2.33. The van der Waals surface area contributed by atoms with Crippen LogP contribution in [0.15, 0.2) is 41.2 Å². The standard InChI is InChI=1S/C22H21F2N5O4/c1-33-19-11-10-14(13-30)12-18(19)27(15-6-3-2-4-7-15)21(31)29-22(32)28(25-26-29)20-16(23)8-5-9-17(20)24/h5,8-13,15H,2-4,6-7H2,1H3. The summed E-state index contributed by atoms with van der Waals surface area (Å²) < 4.78 is 34.7. The van der Waals surface area contributed by atoms with Gasteiger partial charge in [0.25, 0.3) is 0 Å². The molecule has 0 unspecified atom stereocenters. The van der Waals surface area contributed by atoms with Crippen LogP contribution < -0.4 is 15.3 Å². The van der Waals surface area contributed by atoms with Gasteiger partial charge in [0.05, 0.1) is 12.8 Å². The fraction of sp³-hybridized carbons (Fsp3) is 0.318. The maximum absolute atomic E-state index is 14.2. The molecular weight excluding hydrogens is 436 g/mol. The fourth-order valence-corrected chi connectivity index (χ4v) is 4.06. The number of amides is 1. The number of benzene rings is 2. The van der Waals surface area contributed by atoms with Crippen molar-refractivity contribution in [2.24, 2.45) is 0 Å². The van der Waals surface area contributed by atoms with Gasteiger partial charge in [-0.2, -0.15) is 4.68 Å². The third kappa shape index (κ3) is 4.13. The molecule has 1 aliphatic rings. The highest BCUT2D eigenvalue weighted by Crippen LogP contribution is 2.35. The minimum Gasteiger partial charge on any atom is -0.495 e. The van der Waals surface area contributed by atoms with E-state index in [0.717, 1.165) is 37.5 Å². The van der Waals surface area contributed by atoms with Crippen LogP contribution in [0, 0.1) is 11.6 Å². The van der Waals surface area contributed by atoms with Crippen LogP contribution in [-0.4, -0.2) is 45.3 Å². The van der Waals surface area contributed by atoms with Crippen molar-refractivity contribution in [3.05, 3.63) is 64.1 Å². The highest BCUT2D eigenvalue weighted by molar-refractivity contribution is 5.96. The Balaban J connectivity index is 1.83. The topological polar surface area (TPSA) is 99.3 Å². The monoisotopic (exact) mass is 457 g/mol. The summed E-state index contributed by atoms with van der Waals surface area (Å²) in [6.45, 7) is 0. The Bertz CT molecular complexity index is 1230. The molecule has 0 saturated heterocycles. The van der Waals surface area contributed by atoms with Crippen LogP contribution in [0.1, 0.15) is 42.5 Å². The molecule has 33 heavy (non-hydrogen) atoms. The summed E-state index contributed by atoms with van der Waals surface area (Å²) in [5.41, 5.74) is -1.26. The first-order chi connectivity index (χ1) is 16.0. The summed E-state index contributed by atoms with van der Waals surface area (Å²) in [5, 5.41) is 7.12. The van der Waals surface area contributed by atoms with E-state index in [1.165, 1.54) is 18.1 Å². The predicted molar refractivity (Wildman–Crippen MR) is 114 cm³/mol. The van der Waals surface area contributed by atoms with E-state index in [4.69, 9.17) is 4.74 Å². The molecule has 1 saturated carbocycles. The summed E-state index contributed by atoms with van der Waals surface area (Å²) in [4.78, 5) is 39.3. The lowest BCUT2D eigenvalue weighted by Crippen LogP contribution is -2.47. The van der Waals surface area contributed by atoms with Crippen LogP contribution in [0.3, 0.4) is 0 Å². The fourth-order valence-electron chi connectivity index (χ4n) is 4.06. The van der Waals surface area contributed by atoms with E-state index < -0.39 is 29.0 Å². The number of carbonyl (C=O) groups is 2. The maximum atomic E-state index is 14.2. The van der Waals surface area contributed by atoms with Crippen molar-refractivity contribution < 1.29 is 23.1 Å². The molecule has 4 rings (SSSR count). The number of tetrazole rings is 1. The van der Waals surface area contributed by atoms with Crippen molar-refractivity contribution in [3.63, 3.8) is 0 Å². The molecule has 3 aromatic rings. The van der Waals surface area contributed by atoms with Crippen LogP contribution in [0.4, 0.5) is 19.3 Å². The van der Waals surface area contributed by atoms with Gasteiger partial charge >= 0.3 is 11.7 Å². The average Bonchev–Trinajstić information content (AvgIpc) is 3.20. The summed E-state index contributed by atoms with van der Waals surface area (Å²) in [5.74, 6) is -1.73. The minimum absolute atomic E-state index is 0.289. The van der Waals surface area contributed by atoms with Gasteiger partial charge < -0.3 is 4.74 Å². The Kier molecular flexibility index (Phi) is 6.29. The first kappa shape index (κ1) is 22.3. The average molecular weight is 457 g/mol. The maximum Gasteiger partial charge on any atom is 0.377 e. The predicted octanol–water partition coefficient (Wildman–Crippen LogP) is 3.34. The van der Waals surface area contributed by atoms with Crippen molar-refractivity contribution in [2.75, 3.05) is 12.0 Å². The molecular formula is C22H21F2N5O4. The summed E-state index contributed by atoms with van der Waals surface area (Å²) in [6.07, 6.45) is 4.69. The molecule has 2 aromatic carbocycles. The molecule has 1 heterocycles. The zero-order chi connectivity index (χ0) is 23.5. The number of hydrogen-bond donors (Lipinski definition) is 0. The van der Waals surface area contributed by atoms with Crippen molar-refractivity contribution in [3.8, 4) is 11.4 Å². The van der Waals surface area contributed by atoms with Crippen LogP contribution >= 0.6 is 0 Å². The smallest absolute Gasteiger partial charge is 0.377 e. The van der Waals surface area contributed by atoms with Crippen LogP contribution in [0.2, 0.25) is 0 Å². The van der Waals surface area contributed by atoms with Crippen LogP contribution in [-0.2, 0) is 0 Å². The van der Waals surface area contributed by atoms with Gasteiger partial charge in [-0.25, -0.2) is 18.4 Å². The zero-order valence-corrected chi connectivity index (χ0v) is 17.8. The lowest BCUT2D eigenvalue weighted by molar-refractivity contribution is 0.112. The number of halogens is 2. The molecule has 1 fully saturated rings. The van der Waals surface area contributed by atoms with E-state index in [-0.39, 0.29) is 11.7 Å². The van der Waals surface area contributed by atoms with Gasteiger partial charge in [-0.05, 0) is 53.6 Å². The molecule has 0 spiro atoms. The van der Waals surface area contributed by atoms with E-state index in [1.807, 2.05) is 0 Å². The van der Waals surface area contributed by atoms with E-state index >= 15 is 0 Å². The van der Waals surface area contributed by atoms with Gasteiger partial charge in [-0.15, -0.1) is 4.68 Å². The van der Waals surface area contributed by atoms with Gasteiger partial charge in [0.2, 0.25) is 0 Å². The van der Waals surface area contributed by atoms with Crippen LogP contribution in [0.25, 0.3) is 5.69 Å². The molecule has 0 radical (unpaired) electrons. The van der Waals surface area contributed by atoms with E-state index in [2.05, 4.69) is 10.4 Å². The molecule has 0 N–H and O–H groups in total. The van der Waals surface area contributed by atoms with Gasteiger partial charge in [-0.1, -0.05) is 25.3 Å². The number of carbonyl (C=O) groups excluding carboxylic acids is 2. The van der Waals surface area contributed by atoms with Crippen molar-refractivity contribution in [2.45, 2.75) is 38.1 Å². The lowest BCUT2D eigenvalue weighted by Gasteiger charge is -2.34. The van der Waals surface area contributed by atoms with Gasteiger partial charge in [-0.3, -0.25) is 9.69 Å². The summed E-state index contributed by atoms with van der Waals surface area (Å²) in [7, 11) is 1.42. The van der Waals surface area contributed by atoms with Crippen LogP contribution in [0.5, 0.6) is 5.75 Å². The quantitative estimate of drug-likeness (QED) is 0.431. The highest BCUT2D eigenvalue weighted by atomic mass is 19.1. The Morgan fingerprint density at radius 3 is 2.45 bits per heavy atom. The van der Waals surface area contributed by atoms with E-state index in [0.29, 0.717) is 39.8 Å². The van der Waals surface area contributed by atoms with Crippen molar-refractivity contribution in [1.82, 2.24) is 19.8 Å². The number of para-hydroxylation sites is 1. The normalized spacial score (nSPS) is 14.2. The van der Waals surface area contributed by atoms with Gasteiger partial charge in [0, 0.05) is 11.6 Å². The Morgan fingerprint density at radius 2 is 1.82 bits per heavy atom. The van der Waals surface area contributed by atoms with E-state index in [1.54, 1.807) is 12.1 Å².